The van der Waals surface area contributed by atoms with Crippen LogP contribution in [0.5, 0.6) is 5.75 Å². The average Bonchev–Trinajstić information content (AvgIpc) is 3.00. The molecule has 0 unspecified atom stereocenters. The summed E-state index contributed by atoms with van der Waals surface area (Å²) in [4.78, 5) is 12.0. The summed E-state index contributed by atoms with van der Waals surface area (Å²) >= 11 is 0. The molecule has 0 aliphatic heterocycles. The second-order valence-corrected chi connectivity index (χ2v) is 5.92. The Bertz CT molecular complexity index is 870. The van der Waals surface area contributed by atoms with Crippen molar-refractivity contribution in [2.75, 3.05) is 19.8 Å². The number of rotatable bonds is 8. The Labute approximate surface area is 152 Å². The SMILES string of the molecule is CCOC(=O)c1oc2cccc(OCCNCc3ccccc3)c2c1C. The molecule has 3 rings (SSSR count). The number of hydrogen-bond acceptors (Lipinski definition) is 5. The minimum Gasteiger partial charge on any atom is -0.491 e. The first-order chi connectivity index (χ1) is 12.7. The number of esters is 1. The molecule has 1 aromatic heterocycles. The van der Waals surface area contributed by atoms with E-state index in [9.17, 15) is 4.79 Å². The quantitative estimate of drug-likeness (QED) is 0.488. The van der Waals surface area contributed by atoms with Gasteiger partial charge in [0.25, 0.3) is 0 Å². The van der Waals surface area contributed by atoms with Gasteiger partial charge in [0.05, 0.1) is 12.0 Å². The van der Waals surface area contributed by atoms with E-state index in [0.717, 1.165) is 17.5 Å². The topological polar surface area (TPSA) is 60.7 Å². The van der Waals surface area contributed by atoms with Gasteiger partial charge < -0.3 is 19.2 Å². The molecular weight excluding hydrogens is 330 g/mol. The summed E-state index contributed by atoms with van der Waals surface area (Å²) in [6.07, 6.45) is 0. The fraction of sp³-hybridized carbons (Fsp3) is 0.286. The number of aryl methyl sites for hydroxylation is 1. The van der Waals surface area contributed by atoms with Crippen LogP contribution in [0.2, 0.25) is 0 Å². The van der Waals surface area contributed by atoms with E-state index >= 15 is 0 Å². The molecule has 0 amide bonds. The first-order valence-corrected chi connectivity index (χ1v) is 8.77. The first-order valence-electron chi connectivity index (χ1n) is 8.77. The molecular formula is C21H23NO4. The van der Waals surface area contributed by atoms with Crippen molar-refractivity contribution in [2.24, 2.45) is 0 Å². The van der Waals surface area contributed by atoms with Crippen LogP contribution in [0.15, 0.2) is 52.9 Å². The van der Waals surface area contributed by atoms with Gasteiger partial charge in [0.15, 0.2) is 0 Å². The molecule has 0 bridgehead atoms. The van der Waals surface area contributed by atoms with E-state index in [1.165, 1.54) is 5.56 Å². The molecule has 0 atom stereocenters. The Morgan fingerprint density at radius 1 is 1.12 bits per heavy atom. The molecule has 0 radical (unpaired) electrons. The predicted molar refractivity (Wildman–Crippen MR) is 101 cm³/mol. The van der Waals surface area contributed by atoms with Crippen LogP contribution in [-0.2, 0) is 11.3 Å². The Morgan fingerprint density at radius 2 is 1.92 bits per heavy atom. The van der Waals surface area contributed by atoms with Crippen molar-refractivity contribution in [3.63, 3.8) is 0 Å². The molecule has 2 aromatic carbocycles. The summed E-state index contributed by atoms with van der Waals surface area (Å²) in [5.74, 6) is 0.498. The number of ether oxygens (including phenoxy) is 2. The van der Waals surface area contributed by atoms with Crippen molar-refractivity contribution in [2.45, 2.75) is 20.4 Å². The minimum atomic E-state index is -0.448. The molecule has 5 nitrogen and oxygen atoms in total. The summed E-state index contributed by atoms with van der Waals surface area (Å²) in [6.45, 7) is 5.96. The highest BCUT2D eigenvalue weighted by atomic mass is 16.5. The summed E-state index contributed by atoms with van der Waals surface area (Å²) in [7, 11) is 0. The van der Waals surface area contributed by atoms with Crippen LogP contribution >= 0.6 is 0 Å². The van der Waals surface area contributed by atoms with Crippen LogP contribution in [0.4, 0.5) is 0 Å². The second-order valence-electron chi connectivity index (χ2n) is 5.92. The molecule has 0 aliphatic rings. The highest BCUT2D eigenvalue weighted by Gasteiger charge is 2.21. The zero-order valence-electron chi connectivity index (χ0n) is 15.1. The van der Waals surface area contributed by atoms with E-state index in [-0.39, 0.29) is 5.76 Å². The van der Waals surface area contributed by atoms with Crippen LogP contribution in [0.25, 0.3) is 11.0 Å². The maximum Gasteiger partial charge on any atom is 0.374 e. The van der Waals surface area contributed by atoms with Gasteiger partial charge in [-0.2, -0.15) is 0 Å². The van der Waals surface area contributed by atoms with Gasteiger partial charge in [0, 0.05) is 18.7 Å². The van der Waals surface area contributed by atoms with Gasteiger partial charge in [-0.05, 0) is 31.5 Å². The van der Waals surface area contributed by atoms with Crippen LogP contribution in [0.1, 0.15) is 28.6 Å². The molecule has 1 N–H and O–H groups in total. The molecule has 26 heavy (non-hydrogen) atoms. The molecule has 5 heteroatoms. The molecule has 0 aliphatic carbocycles. The lowest BCUT2D eigenvalue weighted by Crippen LogP contribution is -2.20. The van der Waals surface area contributed by atoms with Gasteiger partial charge in [-0.3, -0.25) is 0 Å². The maximum atomic E-state index is 12.0. The number of nitrogens with one attached hydrogen (secondary N) is 1. The van der Waals surface area contributed by atoms with E-state index in [1.807, 2.05) is 43.3 Å². The predicted octanol–water partition coefficient (Wildman–Crippen LogP) is 4.09. The molecule has 0 fully saturated rings. The molecule has 0 spiro atoms. The van der Waals surface area contributed by atoms with Gasteiger partial charge in [-0.15, -0.1) is 0 Å². The number of benzene rings is 2. The Hall–Kier alpha value is -2.79. The van der Waals surface area contributed by atoms with Crippen molar-refractivity contribution in [3.05, 3.63) is 65.4 Å². The van der Waals surface area contributed by atoms with Gasteiger partial charge in [-0.1, -0.05) is 36.4 Å². The molecule has 0 saturated carbocycles. The lowest BCUT2D eigenvalue weighted by Gasteiger charge is -2.09. The van der Waals surface area contributed by atoms with Gasteiger partial charge in [0.2, 0.25) is 5.76 Å². The summed E-state index contributed by atoms with van der Waals surface area (Å²) in [5.41, 5.74) is 2.60. The van der Waals surface area contributed by atoms with E-state index in [0.29, 0.717) is 31.1 Å². The molecule has 136 valence electrons. The van der Waals surface area contributed by atoms with Crippen LogP contribution in [0.3, 0.4) is 0 Å². The van der Waals surface area contributed by atoms with E-state index in [4.69, 9.17) is 13.9 Å². The summed E-state index contributed by atoms with van der Waals surface area (Å²) in [5, 5.41) is 4.17. The second kappa shape index (κ2) is 8.54. The highest BCUT2D eigenvalue weighted by molar-refractivity contribution is 5.98. The summed E-state index contributed by atoms with van der Waals surface area (Å²) in [6, 6.07) is 15.8. The van der Waals surface area contributed by atoms with Crippen LogP contribution in [0, 0.1) is 6.92 Å². The zero-order valence-corrected chi connectivity index (χ0v) is 15.1. The van der Waals surface area contributed by atoms with Gasteiger partial charge in [0.1, 0.15) is 17.9 Å². The number of furan rings is 1. The smallest absolute Gasteiger partial charge is 0.374 e. The van der Waals surface area contributed by atoms with Gasteiger partial charge in [-0.25, -0.2) is 4.79 Å². The third-order valence-electron chi connectivity index (χ3n) is 4.08. The number of carbonyl (C=O) groups excluding carboxylic acids is 1. The van der Waals surface area contributed by atoms with E-state index < -0.39 is 5.97 Å². The largest absolute Gasteiger partial charge is 0.491 e. The first kappa shape index (κ1) is 18.0. The van der Waals surface area contributed by atoms with Crippen molar-refractivity contribution in [1.82, 2.24) is 5.32 Å². The fourth-order valence-corrected chi connectivity index (χ4v) is 2.84. The Kier molecular flexibility index (Phi) is 5.92. The minimum absolute atomic E-state index is 0.236. The number of carbonyl (C=O) groups is 1. The van der Waals surface area contributed by atoms with Crippen molar-refractivity contribution >= 4 is 16.9 Å². The van der Waals surface area contributed by atoms with Crippen LogP contribution in [-0.4, -0.2) is 25.7 Å². The van der Waals surface area contributed by atoms with Crippen molar-refractivity contribution in [3.8, 4) is 5.75 Å². The maximum absolute atomic E-state index is 12.0. The van der Waals surface area contributed by atoms with E-state index in [2.05, 4.69) is 17.4 Å². The average molecular weight is 353 g/mol. The van der Waals surface area contributed by atoms with Crippen molar-refractivity contribution < 1.29 is 18.7 Å². The Balaban J connectivity index is 1.63. The zero-order chi connectivity index (χ0) is 18.4. The fourth-order valence-electron chi connectivity index (χ4n) is 2.84. The van der Waals surface area contributed by atoms with E-state index in [1.54, 1.807) is 6.92 Å². The third-order valence-corrected chi connectivity index (χ3v) is 4.08. The molecule has 1 heterocycles. The number of fused-ring (bicyclic) bond motifs is 1. The standard InChI is InChI=1S/C21H23NO4/c1-3-24-21(23)20-15(2)19-17(10-7-11-18(19)26-20)25-13-12-22-14-16-8-5-4-6-9-16/h4-11,22H,3,12-14H2,1-2H3. The van der Waals surface area contributed by atoms with Gasteiger partial charge >= 0.3 is 5.97 Å². The lowest BCUT2D eigenvalue weighted by atomic mass is 10.1. The normalized spacial score (nSPS) is 10.8. The highest BCUT2D eigenvalue weighted by Crippen LogP contribution is 2.33. The van der Waals surface area contributed by atoms with Crippen LogP contribution < -0.4 is 10.1 Å². The summed E-state index contributed by atoms with van der Waals surface area (Å²) < 4.78 is 16.6. The number of hydrogen-bond donors (Lipinski definition) is 1. The monoisotopic (exact) mass is 353 g/mol. The van der Waals surface area contributed by atoms with Crippen molar-refractivity contribution in [1.29, 1.82) is 0 Å². The lowest BCUT2D eigenvalue weighted by molar-refractivity contribution is 0.0491. The molecule has 0 saturated heterocycles. The Morgan fingerprint density at radius 3 is 2.69 bits per heavy atom. The third kappa shape index (κ3) is 4.06. The molecule has 3 aromatic rings.